The average Bonchev–Trinajstić information content (AvgIpc) is 2.29. The Morgan fingerprint density at radius 3 is 2.47 bits per heavy atom. The van der Waals surface area contributed by atoms with E-state index >= 15 is 0 Å². The van der Waals surface area contributed by atoms with Gasteiger partial charge < -0.3 is 0 Å². The third kappa shape index (κ3) is 3.01. The molecule has 0 atom stereocenters. The van der Waals surface area contributed by atoms with Crippen molar-refractivity contribution in [2.24, 2.45) is 10.2 Å². The maximum atomic E-state index is 4.42. The summed E-state index contributed by atoms with van der Waals surface area (Å²) in [6.45, 7) is 2.20. The molecule has 15 heavy (non-hydrogen) atoms. The van der Waals surface area contributed by atoms with Gasteiger partial charge >= 0.3 is 0 Å². The van der Waals surface area contributed by atoms with Crippen molar-refractivity contribution in [3.63, 3.8) is 0 Å². The molecule has 0 aromatic heterocycles. The molecule has 2 aliphatic carbocycles. The van der Waals surface area contributed by atoms with Gasteiger partial charge in [0.2, 0.25) is 0 Å². The van der Waals surface area contributed by atoms with Gasteiger partial charge in [0.1, 0.15) is 0 Å². The van der Waals surface area contributed by atoms with Crippen molar-refractivity contribution in [3.05, 3.63) is 23.0 Å². The lowest BCUT2D eigenvalue weighted by Crippen LogP contribution is -1.95. The van der Waals surface area contributed by atoms with Gasteiger partial charge in [-0.05, 0) is 63.9 Å². The van der Waals surface area contributed by atoms with Crippen molar-refractivity contribution >= 4 is 0 Å². The molecule has 0 N–H and O–H groups in total. The molecule has 0 saturated carbocycles. The molecule has 2 aliphatic rings. The van der Waals surface area contributed by atoms with Crippen LogP contribution in [0, 0.1) is 0 Å². The molecule has 0 aliphatic heterocycles. The zero-order valence-corrected chi connectivity index (χ0v) is 9.63. The molecule has 0 spiro atoms. The predicted molar refractivity (Wildman–Crippen MR) is 62.6 cm³/mol. The molecular formula is C13H20N2. The lowest BCUT2D eigenvalue weighted by Gasteiger charge is -2.13. The highest BCUT2D eigenvalue weighted by Gasteiger charge is 2.08. The van der Waals surface area contributed by atoms with Gasteiger partial charge in [-0.2, -0.15) is 10.2 Å². The van der Waals surface area contributed by atoms with Crippen molar-refractivity contribution < 1.29 is 0 Å². The third-order valence-electron chi connectivity index (χ3n) is 3.27. The Morgan fingerprint density at radius 1 is 0.933 bits per heavy atom. The lowest BCUT2D eigenvalue weighted by atomic mass is 9.98. The predicted octanol–water partition coefficient (Wildman–Crippen LogP) is 4.74. The molecule has 0 bridgehead atoms. The van der Waals surface area contributed by atoms with Gasteiger partial charge in [0.15, 0.2) is 0 Å². The van der Waals surface area contributed by atoms with Crippen LogP contribution in [-0.4, -0.2) is 0 Å². The molecule has 2 rings (SSSR count). The first-order valence-electron chi connectivity index (χ1n) is 6.15. The van der Waals surface area contributed by atoms with E-state index in [-0.39, 0.29) is 0 Å². The Labute approximate surface area is 92.2 Å². The van der Waals surface area contributed by atoms with Crippen molar-refractivity contribution in [1.82, 2.24) is 0 Å². The molecule has 0 fully saturated rings. The summed E-state index contributed by atoms with van der Waals surface area (Å²) in [5, 5.41) is 8.81. The Bertz CT molecular complexity index is 310. The van der Waals surface area contributed by atoms with E-state index in [1.165, 1.54) is 55.5 Å². The first-order chi connectivity index (χ1) is 7.36. The fourth-order valence-electron chi connectivity index (χ4n) is 2.21. The van der Waals surface area contributed by atoms with E-state index < -0.39 is 0 Å². The molecule has 0 saturated heterocycles. The highest BCUT2D eigenvalue weighted by molar-refractivity contribution is 5.13. The fourth-order valence-corrected chi connectivity index (χ4v) is 2.21. The quantitative estimate of drug-likeness (QED) is 0.580. The Kier molecular flexibility index (Phi) is 3.70. The summed E-state index contributed by atoms with van der Waals surface area (Å²) < 4.78 is 0. The van der Waals surface area contributed by atoms with Gasteiger partial charge in [0.25, 0.3) is 0 Å². The summed E-state index contributed by atoms with van der Waals surface area (Å²) in [6.07, 6.45) is 12.1. The fraction of sp³-hybridized carbons (Fsp3) is 0.692. The summed E-state index contributed by atoms with van der Waals surface area (Å²) in [4.78, 5) is 0. The van der Waals surface area contributed by atoms with Crippen molar-refractivity contribution in [3.8, 4) is 0 Å². The number of hydrogen-bond donors (Lipinski definition) is 0. The van der Waals surface area contributed by atoms with E-state index in [9.17, 15) is 0 Å². The molecular weight excluding hydrogens is 184 g/mol. The largest absolute Gasteiger partial charge is 0.156 e. The molecule has 0 unspecified atom stereocenters. The van der Waals surface area contributed by atoms with Gasteiger partial charge in [-0.15, -0.1) is 0 Å². The highest BCUT2D eigenvalue weighted by atomic mass is 15.1. The summed E-state index contributed by atoms with van der Waals surface area (Å²) >= 11 is 0. The molecule has 2 heteroatoms. The lowest BCUT2D eigenvalue weighted by molar-refractivity contribution is 0.650. The topological polar surface area (TPSA) is 24.7 Å². The summed E-state index contributed by atoms with van der Waals surface area (Å²) in [6, 6.07) is 0. The van der Waals surface area contributed by atoms with Crippen LogP contribution in [0.4, 0.5) is 0 Å². The van der Waals surface area contributed by atoms with Crippen LogP contribution in [0.2, 0.25) is 0 Å². The standard InChI is InChI=1S/C13H20N2/c1-11-7-5-6-10-13(11)15-14-12-8-3-2-4-9-12/h8H,2-7,9-10H2,1H3. The first kappa shape index (κ1) is 10.6. The Balaban J connectivity index is 2.00. The summed E-state index contributed by atoms with van der Waals surface area (Å²) in [5.74, 6) is 0. The smallest absolute Gasteiger partial charge is 0.0619 e. The minimum atomic E-state index is 1.12. The first-order valence-corrected chi connectivity index (χ1v) is 6.15. The molecule has 2 nitrogen and oxygen atoms in total. The van der Waals surface area contributed by atoms with Crippen LogP contribution >= 0.6 is 0 Å². The van der Waals surface area contributed by atoms with Crippen LogP contribution in [-0.2, 0) is 0 Å². The van der Waals surface area contributed by atoms with E-state index in [0.29, 0.717) is 0 Å². The second kappa shape index (κ2) is 5.24. The number of hydrogen-bond acceptors (Lipinski definition) is 2. The van der Waals surface area contributed by atoms with Crippen LogP contribution in [0.15, 0.2) is 33.3 Å². The van der Waals surface area contributed by atoms with Crippen LogP contribution in [0.3, 0.4) is 0 Å². The minimum absolute atomic E-state index is 1.12. The van der Waals surface area contributed by atoms with Crippen molar-refractivity contribution in [2.75, 3.05) is 0 Å². The number of nitrogens with zero attached hydrogens (tertiary/aromatic N) is 2. The number of rotatable bonds is 2. The zero-order chi connectivity index (χ0) is 10.5. The van der Waals surface area contributed by atoms with Crippen LogP contribution < -0.4 is 0 Å². The van der Waals surface area contributed by atoms with Gasteiger partial charge in [-0.3, -0.25) is 0 Å². The van der Waals surface area contributed by atoms with Gasteiger partial charge in [-0.1, -0.05) is 6.08 Å². The maximum Gasteiger partial charge on any atom is 0.0619 e. The minimum Gasteiger partial charge on any atom is -0.156 e. The van der Waals surface area contributed by atoms with Crippen LogP contribution in [0.25, 0.3) is 0 Å². The number of azo groups is 1. The molecule has 82 valence electrons. The Hall–Kier alpha value is -0.920. The monoisotopic (exact) mass is 204 g/mol. The third-order valence-corrected chi connectivity index (χ3v) is 3.27. The molecule has 0 aromatic rings. The maximum absolute atomic E-state index is 4.42. The Morgan fingerprint density at radius 2 is 1.73 bits per heavy atom. The second-order valence-electron chi connectivity index (χ2n) is 4.58. The molecule has 0 amide bonds. The average molecular weight is 204 g/mol. The summed E-state index contributed by atoms with van der Waals surface area (Å²) in [7, 11) is 0. The van der Waals surface area contributed by atoms with Crippen molar-refractivity contribution in [1.29, 1.82) is 0 Å². The van der Waals surface area contributed by atoms with E-state index in [1.54, 1.807) is 0 Å². The van der Waals surface area contributed by atoms with E-state index in [1.807, 2.05) is 0 Å². The van der Waals surface area contributed by atoms with Gasteiger partial charge in [0, 0.05) is 0 Å². The second-order valence-corrected chi connectivity index (χ2v) is 4.58. The van der Waals surface area contributed by atoms with Gasteiger partial charge in [0.05, 0.1) is 11.4 Å². The molecule has 0 heterocycles. The SMILES string of the molecule is CC1=C(N=NC2=CCCCC2)CCCC1. The van der Waals surface area contributed by atoms with Gasteiger partial charge in [-0.25, -0.2) is 0 Å². The molecule has 0 radical (unpaired) electrons. The highest BCUT2D eigenvalue weighted by Crippen LogP contribution is 2.26. The van der Waals surface area contributed by atoms with Crippen LogP contribution in [0.5, 0.6) is 0 Å². The number of allylic oxidation sites excluding steroid dienone is 4. The van der Waals surface area contributed by atoms with Crippen molar-refractivity contribution in [2.45, 2.75) is 58.3 Å². The molecule has 0 aromatic carbocycles. The van der Waals surface area contributed by atoms with E-state index in [0.717, 1.165) is 12.8 Å². The zero-order valence-electron chi connectivity index (χ0n) is 9.63. The normalized spacial score (nSPS) is 23.4. The van der Waals surface area contributed by atoms with E-state index in [4.69, 9.17) is 0 Å². The van der Waals surface area contributed by atoms with E-state index in [2.05, 4.69) is 23.2 Å². The van der Waals surface area contributed by atoms with Crippen LogP contribution in [0.1, 0.15) is 58.3 Å². The summed E-state index contributed by atoms with van der Waals surface area (Å²) in [5.41, 5.74) is 3.89.